The molecule has 0 radical (unpaired) electrons. The Bertz CT molecular complexity index is 946. The molecule has 0 bridgehead atoms. The third-order valence-corrected chi connectivity index (χ3v) is 8.69. The second-order valence-electron chi connectivity index (χ2n) is 11.3. The van der Waals surface area contributed by atoms with Crippen molar-refractivity contribution in [2.45, 2.75) is 76.7 Å². The van der Waals surface area contributed by atoms with Gasteiger partial charge in [0.15, 0.2) is 0 Å². The van der Waals surface area contributed by atoms with E-state index in [4.69, 9.17) is 0 Å². The Kier molecular flexibility index (Phi) is 6.15. The summed E-state index contributed by atoms with van der Waals surface area (Å²) in [5, 5.41) is 3.09. The summed E-state index contributed by atoms with van der Waals surface area (Å²) < 4.78 is 13.5. The molecule has 1 atom stereocenters. The van der Waals surface area contributed by atoms with Crippen molar-refractivity contribution >= 4 is 17.8 Å². The highest BCUT2D eigenvalue weighted by Crippen LogP contribution is 2.41. The smallest absolute Gasteiger partial charge is 0.325 e. The van der Waals surface area contributed by atoms with E-state index in [9.17, 15) is 18.8 Å². The molecule has 1 aromatic rings. The van der Waals surface area contributed by atoms with Crippen LogP contribution >= 0.6 is 0 Å². The van der Waals surface area contributed by atoms with E-state index in [-0.39, 0.29) is 35.0 Å². The number of likely N-dealkylation sites (tertiary alicyclic amines) is 1. The number of imide groups is 1. The topological polar surface area (TPSA) is 69.7 Å². The van der Waals surface area contributed by atoms with Gasteiger partial charge in [0.25, 0.3) is 5.91 Å². The highest BCUT2D eigenvalue weighted by Gasteiger charge is 2.56. The molecule has 34 heavy (non-hydrogen) atoms. The van der Waals surface area contributed by atoms with Crippen LogP contribution < -0.4 is 5.32 Å². The minimum atomic E-state index is -1.03. The van der Waals surface area contributed by atoms with Gasteiger partial charge in [-0.25, -0.2) is 9.18 Å². The Morgan fingerprint density at radius 3 is 2.29 bits per heavy atom. The number of urea groups is 1. The summed E-state index contributed by atoms with van der Waals surface area (Å²) >= 11 is 0. The molecule has 4 aliphatic rings. The van der Waals surface area contributed by atoms with Crippen LogP contribution in [-0.2, 0) is 16.0 Å². The molecule has 4 fully saturated rings. The van der Waals surface area contributed by atoms with Crippen LogP contribution in [0, 0.1) is 23.1 Å². The molecule has 0 spiro atoms. The van der Waals surface area contributed by atoms with E-state index in [0.717, 1.165) is 44.1 Å². The fourth-order valence-electron chi connectivity index (χ4n) is 6.34. The van der Waals surface area contributed by atoms with E-state index in [1.807, 2.05) is 4.90 Å². The lowest BCUT2D eigenvalue weighted by atomic mass is 9.72. The number of hydrogen-bond donors (Lipinski definition) is 1. The molecule has 5 rings (SSSR count). The third kappa shape index (κ3) is 4.34. The second kappa shape index (κ2) is 8.97. The summed E-state index contributed by atoms with van der Waals surface area (Å²) in [6.07, 6.45) is 9.12. The molecule has 2 aliphatic heterocycles. The number of amides is 4. The van der Waals surface area contributed by atoms with Crippen LogP contribution in [0.5, 0.6) is 0 Å². The maximum Gasteiger partial charge on any atom is 0.325 e. The predicted molar refractivity (Wildman–Crippen MR) is 126 cm³/mol. The lowest BCUT2D eigenvalue weighted by Crippen LogP contribution is -2.58. The van der Waals surface area contributed by atoms with E-state index in [1.54, 1.807) is 12.1 Å². The SMILES string of the molecule is CC1(C(=O)N2CCC(C3(Cc4ccc(F)cc4)NC(=O)N(CC4CC4)C3=O)CC2)CCCCC1. The molecule has 2 heterocycles. The van der Waals surface area contributed by atoms with Gasteiger partial charge in [-0.3, -0.25) is 14.5 Å². The lowest BCUT2D eigenvalue weighted by molar-refractivity contribution is -0.145. The second-order valence-corrected chi connectivity index (χ2v) is 11.3. The van der Waals surface area contributed by atoms with Crippen molar-refractivity contribution < 1.29 is 18.8 Å². The van der Waals surface area contributed by atoms with Gasteiger partial charge in [-0.05, 0) is 68.1 Å². The van der Waals surface area contributed by atoms with Crippen molar-refractivity contribution in [1.82, 2.24) is 15.1 Å². The van der Waals surface area contributed by atoms with Gasteiger partial charge in [-0.2, -0.15) is 0 Å². The van der Waals surface area contributed by atoms with E-state index in [0.29, 0.717) is 44.8 Å². The van der Waals surface area contributed by atoms with Gasteiger partial charge in [-0.15, -0.1) is 0 Å². The number of carbonyl (C=O) groups excluding carboxylic acids is 3. The molecule has 1 N–H and O–H groups in total. The van der Waals surface area contributed by atoms with Crippen LogP contribution in [-0.4, -0.2) is 52.8 Å². The molecular weight excluding hydrogens is 433 g/mol. The van der Waals surface area contributed by atoms with Crippen LogP contribution in [0.3, 0.4) is 0 Å². The molecule has 1 unspecified atom stereocenters. The molecule has 6 nitrogen and oxygen atoms in total. The van der Waals surface area contributed by atoms with Crippen molar-refractivity contribution in [3.63, 3.8) is 0 Å². The van der Waals surface area contributed by atoms with E-state index in [1.165, 1.54) is 23.5 Å². The van der Waals surface area contributed by atoms with E-state index in [2.05, 4.69) is 12.2 Å². The fraction of sp³-hybridized carbons (Fsp3) is 0.667. The van der Waals surface area contributed by atoms with Gasteiger partial charge in [0.1, 0.15) is 11.4 Å². The van der Waals surface area contributed by atoms with Crippen molar-refractivity contribution in [2.75, 3.05) is 19.6 Å². The number of carbonyl (C=O) groups is 3. The Balaban J connectivity index is 1.35. The number of nitrogens with zero attached hydrogens (tertiary/aromatic N) is 2. The zero-order chi connectivity index (χ0) is 23.9. The summed E-state index contributed by atoms with van der Waals surface area (Å²) in [6.45, 7) is 3.80. The quantitative estimate of drug-likeness (QED) is 0.633. The highest BCUT2D eigenvalue weighted by atomic mass is 19.1. The van der Waals surface area contributed by atoms with Gasteiger partial charge in [-0.1, -0.05) is 38.3 Å². The van der Waals surface area contributed by atoms with Crippen LogP contribution in [0.25, 0.3) is 0 Å². The summed E-state index contributed by atoms with van der Waals surface area (Å²) in [6, 6.07) is 5.88. The standard InChI is InChI=1S/C27H36FN3O3/c1-26(13-3-2-4-14-26)23(32)30-15-11-21(12-16-30)27(17-19-7-9-22(28)10-8-19)24(33)31(25(34)29-27)18-20-5-6-20/h7-10,20-21H,2-6,11-18H2,1H3,(H,29,34). The molecule has 7 heteroatoms. The first kappa shape index (κ1) is 23.3. The normalized spacial score (nSPS) is 27.7. The van der Waals surface area contributed by atoms with Gasteiger partial charge >= 0.3 is 6.03 Å². The minimum absolute atomic E-state index is 0.0681. The molecular formula is C27H36FN3O3. The largest absolute Gasteiger partial charge is 0.342 e. The zero-order valence-electron chi connectivity index (χ0n) is 20.2. The average Bonchev–Trinajstić information content (AvgIpc) is 3.63. The summed E-state index contributed by atoms with van der Waals surface area (Å²) in [7, 11) is 0. The summed E-state index contributed by atoms with van der Waals surface area (Å²) in [5.41, 5.74) is -0.472. The molecule has 2 saturated carbocycles. The van der Waals surface area contributed by atoms with Crippen molar-refractivity contribution in [3.05, 3.63) is 35.6 Å². The lowest BCUT2D eigenvalue weighted by Gasteiger charge is -2.44. The number of piperidine rings is 1. The first-order valence-corrected chi connectivity index (χ1v) is 13.0. The first-order chi connectivity index (χ1) is 16.3. The van der Waals surface area contributed by atoms with Crippen molar-refractivity contribution in [1.29, 1.82) is 0 Å². The molecule has 184 valence electrons. The molecule has 0 aromatic heterocycles. The molecule has 1 aromatic carbocycles. The molecule has 2 aliphatic carbocycles. The predicted octanol–water partition coefficient (Wildman–Crippen LogP) is 4.28. The summed E-state index contributed by atoms with van der Waals surface area (Å²) in [5.74, 6) is 0.111. The van der Waals surface area contributed by atoms with Crippen molar-refractivity contribution in [3.8, 4) is 0 Å². The minimum Gasteiger partial charge on any atom is -0.342 e. The first-order valence-electron chi connectivity index (χ1n) is 13.0. The number of nitrogens with one attached hydrogen (secondary N) is 1. The van der Waals surface area contributed by atoms with Gasteiger partial charge < -0.3 is 10.2 Å². The number of benzene rings is 1. The van der Waals surface area contributed by atoms with Crippen LogP contribution in [0.4, 0.5) is 9.18 Å². The zero-order valence-corrected chi connectivity index (χ0v) is 20.2. The van der Waals surface area contributed by atoms with Crippen LogP contribution in [0.15, 0.2) is 24.3 Å². The number of halogens is 1. The summed E-state index contributed by atoms with van der Waals surface area (Å²) in [4.78, 5) is 43.4. The molecule has 2 saturated heterocycles. The average molecular weight is 470 g/mol. The third-order valence-electron chi connectivity index (χ3n) is 8.69. The van der Waals surface area contributed by atoms with Crippen molar-refractivity contribution in [2.24, 2.45) is 17.3 Å². The maximum atomic E-state index is 13.8. The van der Waals surface area contributed by atoms with Gasteiger partial charge in [0, 0.05) is 31.5 Å². The maximum absolute atomic E-state index is 13.8. The Morgan fingerprint density at radius 2 is 1.68 bits per heavy atom. The Morgan fingerprint density at radius 1 is 1.03 bits per heavy atom. The van der Waals surface area contributed by atoms with E-state index < -0.39 is 5.54 Å². The fourth-order valence-corrected chi connectivity index (χ4v) is 6.34. The molecule has 4 amide bonds. The van der Waals surface area contributed by atoms with Gasteiger partial charge in [0.05, 0.1) is 0 Å². The number of rotatable bonds is 6. The van der Waals surface area contributed by atoms with E-state index >= 15 is 0 Å². The Labute approximate surface area is 201 Å². The van der Waals surface area contributed by atoms with Crippen LogP contribution in [0.2, 0.25) is 0 Å². The Hall–Kier alpha value is -2.44. The monoisotopic (exact) mass is 469 g/mol. The number of hydrogen-bond acceptors (Lipinski definition) is 3. The highest BCUT2D eigenvalue weighted by molar-refractivity contribution is 6.07. The van der Waals surface area contributed by atoms with Crippen LogP contribution in [0.1, 0.15) is 70.3 Å². The van der Waals surface area contributed by atoms with Gasteiger partial charge in [0.2, 0.25) is 5.91 Å².